The minimum Gasteiger partial charge on any atom is -0.324 e. The molecule has 146 valence electrons. The molecule has 0 saturated carbocycles. The van der Waals surface area contributed by atoms with Gasteiger partial charge in [-0.2, -0.15) is 0 Å². The Morgan fingerprint density at radius 2 is 2.11 bits per heavy atom. The Balaban J connectivity index is 1.49. The molecule has 2 aromatic rings. The molecule has 28 heavy (non-hydrogen) atoms. The van der Waals surface area contributed by atoms with Gasteiger partial charge in [-0.3, -0.25) is 4.79 Å². The number of anilines is 2. The smallest absolute Gasteiger partial charge is 0.322 e. The first-order valence-electron chi connectivity index (χ1n) is 9.85. The minimum atomic E-state index is -0.0633. The van der Waals surface area contributed by atoms with Crippen LogP contribution >= 0.6 is 11.8 Å². The van der Waals surface area contributed by atoms with Gasteiger partial charge in [0.2, 0.25) is 5.91 Å². The monoisotopic (exact) mass is 395 g/mol. The zero-order chi connectivity index (χ0) is 19.5. The minimum absolute atomic E-state index is 0.00534. The predicted molar refractivity (Wildman–Crippen MR) is 114 cm³/mol. The molecular weight excluding hydrogens is 370 g/mol. The first kappa shape index (κ1) is 18.9. The van der Waals surface area contributed by atoms with Crippen LogP contribution in [0.1, 0.15) is 37.7 Å². The van der Waals surface area contributed by atoms with Crippen molar-refractivity contribution in [1.29, 1.82) is 0 Å². The van der Waals surface area contributed by atoms with Gasteiger partial charge in [-0.05, 0) is 43.0 Å². The molecule has 4 rings (SSSR count). The van der Waals surface area contributed by atoms with E-state index in [9.17, 15) is 9.59 Å². The highest BCUT2D eigenvalue weighted by Crippen LogP contribution is 2.35. The molecule has 2 aromatic carbocycles. The molecule has 2 atom stereocenters. The van der Waals surface area contributed by atoms with E-state index in [-0.39, 0.29) is 18.0 Å². The Kier molecular flexibility index (Phi) is 5.57. The maximum absolute atomic E-state index is 13.0. The van der Waals surface area contributed by atoms with Gasteiger partial charge in [0, 0.05) is 29.1 Å². The average Bonchev–Trinajstić information content (AvgIpc) is 3.19. The van der Waals surface area contributed by atoms with Crippen LogP contribution in [0.3, 0.4) is 0 Å². The van der Waals surface area contributed by atoms with Gasteiger partial charge in [-0.1, -0.05) is 37.3 Å². The summed E-state index contributed by atoms with van der Waals surface area (Å²) in [5.74, 6) is 0.773. The van der Waals surface area contributed by atoms with Crippen LogP contribution in [-0.4, -0.2) is 35.2 Å². The fourth-order valence-electron chi connectivity index (χ4n) is 4.25. The summed E-state index contributed by atoms with van der Waals surface area (Å²) in [7, 11) is 0. The van der Waals surface area contributed by atoms with Crippen molar-refractivity contribution < 1.29 is 9.59 Å². The number of rotatable bonds is 4. The van der Waals surface area contributed by atoms with Crippen LogP contribution in [0.15, 0.2) is 53.4 Å². The number of nitrogens with one attached hydrogen (secondary N) is 2. The molecule has 0 aliphatic carbocycles. The van der Waals surface area contributed by atoms with Crippen LogP contribution in [0.2, 0.25) is 0 Å². The molecule has 2 aliphatic rings. The van der Waals surface area contributed by atoms with Gasteiger partial charge >= 0.3 is 6.03 Å². The highest BCUT2D eigenvalue weighted by Gasteiger charge is 2.34. The maximum atomic E-state index is 13.0. The lowest BCUT2D eigenvalue weighted by Crippen LogP contribution is -2.41. The third-order valence-electron chi connectivity index (χ3n) is 5.56. The number of thioether (sulfide) groups is 1. The van der Waals surface area contributed by atoms with Crippen LogP contribution < -0.4 is 10.6 Å². The SMILES string of the molecule is CC[C@@H](c1ccccc1)[C@H]1CCCN1C(=O)Nc1ccc2c(c1)NC(=O)CS2. The number of amides is 3. The van der Waals surface area contributed by atoms with Crippen molar-refractivity contribution >= 4 is 35.1 Å². The molecular formula is C22H25N3O2S. The van der Waals surface area contributed by atoms with Crippen molar-refractivity contribution in [2.24, 2.45) is 0 Å². The summed E-state index contributed by atoms with van der Waals surface area (Å²) in [6.07, 6.45) is 3.05. The molecule has 0 spiro atoms. The lowest BCUT2D eigenvalue weighted by Gasteiger charge is -2.32. The van der Waals surface area contributed by atoms with Crippen molar-refractivity contribution in [2.45, 2.75) is 43.0 Å². The molecule has 1 saturated heterocycles. The average molecular weight is 396 g/mol. The highest BCUT2D eigenvalue weighted by atomic mass is 32.2. The molecule has 0 radical (unpaired) electrons. The Bertz CT molecular complexity index is 871. The molecule has 5 nitrogen and oxygen atoms in total. The van der Waals surface area contributed by atoms with E-state index in [4.69, 9.17) is 0 Å². The molecule has 0 bridgehead atoms. The molecule has 1 fully saturated rings. The molecule has 0 unspecified atom stereocenters. The summed E-state index contributed by atoms with van der Waals surface area (Å²) in [6, 6.07) is 16.3. The van der Waals surface area contributed by atoms with E-state index < -0.39 is 0 Å². The fraction of sp³-hybridized carbons (Fsp3) is 0.364. The number of hydrogen-bond acceptors (Lipinski definition) is 3. The number of nitrogens with zero attached hydrogens (tertiary/aromatic N) is 1. The standard InChI is InChI=1S/C22H25N3O2S/c1-2-17(15-7-4-3-5-8-15)19-9-6-12-25(19)22(27)23-16-10-11-20-18(13-16)24-21(26)14-28-20/h3-5,7-8,10-11,13,17,19H,2,6,9,12,14H2,1H3,(H,23,27)(H,24,26)/t17-,19+/m0/s1. The van der Waals surface area contributed by atoms with Gasteiger partial charge in [0.15, 0.2) is 0 Å². The van der Waals surface area contributed by atoms with E-state index in [1.54, 1.807) is 0 Å². The number of carbonyl (C=O) groups excluding carboxylic acids is 2. The van der Waals surface area contributed by atoms with Crippen LogP contribution in [0.5, 0.6) is 0 Å². The van der Waals surface area contributed by atoms with Crippen LogP contribution in [-0.2, 0) is 4.79 Å². The number of benzene rings is 2. The topological polar surface area (TPSA) is 61.4 Å². The Labute approximate surface area is 169 Å². The normalized spacial score (nSPS) is 19.7. The quantitative estimate of drug-likeness (QED) is 0.772. The van der Waals surface area contributed by atoms with E-state index in [1.165, 1.54) is 17.3 Å². The highest BCUT2D eigenvalue weighted by molar-refractivity contribution is 8.00. The lowest BCUT2D eigenvalue weighted by atomic mass is 9.88. The van der Waals surface area contributed by atoms with E-state index in [0.717, 1.165) is 36.4 Å². The van der Waals surface area contributed by atoms with Crippen molar-refractivity contribution in [3.8, 4) is 0 Å². The predicted octanol–water partition coefficient (Wildman–Crippen LogP) is 4.92. The summed E-state index contributed by atoms with van der Waals surface area (Å²) in [4.78, 5) is 27.7. The van der Waals surface area contributed by atoms with Gasteiger partial charge < -0.3 is 15.5 Å². The summed E-state index contributed by atoms with van der Waals surface area (Å²) in [6.45, 7) is 2.97. The van der Waals surface area contributed by atoms with Crippen LogP contribution in [0, 0.1) is 0 Å². The van der Waals surface area contributed by atoms with Gasteiger partial charge in [-0.25, -0.2) is 4.79 Å². The second-order valence-corrected chi connectivity index (χ2v) is 8.32. The molecule has 0 aromatic heterocycles. The van der Waals surface area contributed by atoms with Gasteiger partial charge in [0.05, 0.1) is 11.4 Å². The number of hydrogen-bond donors (Lipinski definition) is 2. The molecule has 2 aliphatic heterocycles. The second-order valence-electron chi connectivity index (χ2n) is 7.31. The van der Waals surface area contributed by atoms with Gasteiger partial charge in [0.25, 0.3) is 0 Å². The van der Waals surface area contributed by atoms with Crippen molar-refractivity contribution in [3.05, 3.63) is 54.1 Å². The van der Waals surface area contributed by atoms with Crippen molar-refractivity contribution in [3.63, 3.8) is 0 Å². The number of urea groups is 1. The van der Waals surface area contributed by atoms with Crippen molar-refractivity contribution in [2.75, 3.05) is 22.9 Å². The summed E-state index contributed by atoms with van der Waals surface area (Å²) < 4.78 is 0. The number of likely N-dealkylation sites (tertiary alicyclic amines) is 1. The summed E-state index contributed by atoms with van der Waals surface area (Å²) in [5.41, 5.74) is 2.78. The maximum Gasteiger partial charge on any atom is 0.322 e. The van der Waals surface area contributed by atoms with E-state index in [0.29, 0.717) is 17.4 Å². The Morgan fingerprint density at radius 3 is 2.89 bits per heavy atom. The third kappa shape index (κ3) is 3.87. The second kappa shape index (κ2) is 8.27. The lowest BCUT2D eigenvalue weighted by molar-refractivity contribution is -0.113. The fourth-order valence-corrected chi connectivity index (χ4v) is 5.04. The first-order valence-corrected chi connectivity index (χ1v) is 10.8. The third-order valence-corrected chi connectivity index (χ3v) is 6.63. The van der Waals surface area contributed by atoms with Crippen LogP contribution in [0.4, 0.5) is 16.2 Å². The summed E-state index contributed by atoms with van der Waals surface area (Å²) >= 11 is 1.52. The molecule has 2 heterocycles. The Morgan fingerprint density at radius 1 is 1.29 bits per heavy atom. The largest absolute Gasteiger partial charge is 0.324 e. The Hall–Kier alpha value is -2.47. The molecule has 2 N–H and O–H groups in total. The first-order chi connectivity index (χ1) is 13.7. The summed E-state index contributed by atoms with van der Waals surface area (Å²) in [5, 5.41) is 5.91. The van der Waals surface area contributed by atoms with Crippen LogP contribution in [0.25, 0.3) is 0 Å². The zero-order valence-electron chi connectivity index (χ0n) is 16.0. The zero-order valence-corrected chi connectivity index (χ0v) is 16.8. The van der Waals surface area contributed by atoms with E-state index in [2.05, 4.69) is 41.8 Å². The van der Waals surface area contributed by atoms with Gasteiger partial charge in [-0.15, -0.1) is 11.8 Å². The number of fused-ring (bicyclic) bond motifs is 1. The van der Waals surface area contributed by atoms with E-state index in [1.807, 2.05) is 29.2 Å². The molecule has 6 heteroatoms. The molecule has 3 amide bonds. The number of carbonyl (C=O) groups is 2. The van der Waals surface area contributed by atoms with Gasteiger partial charge in [0.1, 0.15) is 0 Å². The van der Waals surface area contributed by atoms with E-state index >= 15 is 0 Å². The van der Waals surface area contributed by atoms with Crippen molar-refractivity contribution in [1.82, 2.24) is 4.90 Å².